The average molecular weight is 245 g/mol. The van der Waals surface area contributed by atoms with Crippen molar-refractivity contribution >= 4 is 27.5 Å². The molecule has 0 amide bonds. The van der Waals surface area contributed by atoms with E-state index in [-0.39, 0.29) is 11.6 Å². The third kappa shape index (κ3) is 4.18. The maximum atomic E-state index is 10.9. The molecule has 72 valence electrons. The van der Waals surface area contributed by atoms with E-state index in [4.69, 9.17) is 0 Å². The van der Waals surface area contributed by atoms with Crippen LogP contribution in [0.15, 0.2) is 21.7 Å². The Hall–Kier alpha value is -0.700. The van der Waals surface area contributed by atoms with E-state index in [1.807, 2.05) is 0 Å². The van der Waals surface area contributed by atoms with Crippen LogP contribution >= 0.6 is 15.9 Å². The third-order valence-corrected chi connectivity index (χ3v) is 2.61. The first kappa shape index (κ1) is 12.3. The molecule has 0 aliphatic carbocycles. The van der Waals surface area contributed by atoms with E-state index in [2.05, 4.69) is 15.9 Å². The molecular weight excluding hydrogens is 232 g/mol. The van der Waals surface area contributed by atoms with Gasteiger partial charge in [-0.1, -0.05) is 15.9 Å². The van der Waals surface area contributed by atoms with E-state index in [9.17, 15) is 9.59 Å². The summed E-state index contributed by atoms with van der Waals surface area (Å²) in [6.45, 7) is 6.43. The fourth-order valence-corrected chi connectivity index (χ4v) is 1.19. The molecule has 0 aromatic heterocycles. The normalized spacial score (nSPS) is 13.8. The van der Waals surface area contributed by atoms with Crippen molar-refractivity contribution in [1.82, 2.24) is 0 Å². The van der Waals surface area contributed by atoms with E-state index in [0.29, 0.717) is 15.6 Å². The van der Waals surface area contributed by atoms with Crippen LogP contribution in [0.1, 0.15) is 27.7 Å². The van der Waals surface area contributed by atoms with E-state index >= 15 is 0 Å². The van der Waals surface area contributed by atoms with E-state index in [1.165, 1.54) is 13.8 Å². The second-order valence-electron chi connectivity index (χ2n) is 2.91. The predicted octanol–water partition coefficient (Wildman–Crippen LogP) is 2.78. The highest BCUT2D eigenvalue weighted by Gasteiger charge is 2.03. The number of hydrogen-bond donors (Lipinski definition) is 0. The summed E-state index contributed by atoms with van der Waals surface area (Å²) >= 11 is 3.24. The van der Waals surface area contributed by atoms with Crippen molar-refractivity contribution in [2.45, 2.75) is 27.7 Å². The summed E-state index contributed by atoms with van der Waals surface area (Å²) in [5.41, 5.74) is 1.26. The van der Waals surface area contributed by atoms with Gasteiger partial charge in [0.25, 0.3) is 0 Å². The fraction of sp³-hybridized carbons (Fsp3) is 0.400. The smallest absolute Gasteiger partial charge is 0.156 e. The van der Waals surface area contributed by atoms with Gasteiger partial charge in [0.2, 0.25) is 0 Å². The molecule has 0 N–H and O–H groups in total. The van der Waals surface area contributed by atoms with Gasteiger partial charge in [-0.25, -0.2) is 0 Å². The number of hydrogen-bond acceptors (Lipinski definition) is 2. The minimum atomic E-state index is -0.000484. The molecule has 0 aliphatic heterocycles. The number of carbonyl (C=O) groups is 2. The van der Waals surface area contributed by atoms with Gasteiger partial charge in [0.1, 0.15) is 0 Å². The molecular formula is C10H13BrO2. The lowest BCUT2D eigenvalue weighted by atomic mass is 10.1. The molecule has 0 spiro atoms. The zero-order valence-corrected chi connectivity index (χ0v) is 9.86. The van der Waals surface area contributed by atoms with Gasteiger partial charge in [0.05, 0.1) is 0 Å². The van der Waals surface area contributed by atoms with Crippen molar-refractivity contribution in [1.29, 1.82) is 0 Å². The lowest BCUT2D eigenvalue weighted by molar-refractivity contribution is -0.114. The van der Waals surface area contributed by atoms with Crippen LogP contribution < -0.4 is 0 Å². The molecule has 0 aromatic carbocycles. The van der Waals surface area contributed by atoms with Crippen LogP contribution in [0, 0.1) is 0 Å². The van der Waals surface area contributed by atoms with Gasteiger partial charge in [-0.2, -0.15) is 0 Å². The first-order valence-corrected chi connectivity index (χ1v) is 4.72. The summed E-state index contributed by atoms with van der Waals surface area (Å²) < 4.78 is 0.674. The van der Waals surface area contributed by atoms with Crippen LogP contribution in [-0.4, -0.2) is 11.6 Å². The Morgan fingerprint density at radius 1 is 1.00 bits per heavy atom. The van der Waals surface area contributed by atoms with Crippen molar-refractivity contribution < 1.29 is 9.59 Å². The second-order valence-corrected chi connectivity index (χ2v) is 3.77. The van der Waals surface area contributed by atoms with Crippen molar-refractivity contribution in [3.63, 3.8) is 0 Å². The summed E-state index contributed by atoms with van der Waals surface area (Å²) in [6.07, 6.45) is 1.67. The molecule has 0 unspecified atom stereocenters. The summed E-state index contributed by atoms with van der Waals surface area (Å²) in [6, 6.07) is 0. The zero-order valence-electron chi connectivity index (χ0n) is 8.27. The molecule has 0 saturated carbocycles. The quantitative estimate of drug-likeness (QED) is 0.566. The van der Waals surface area contributed by atoms with Gasteiger partial charge in [-0.3, -0.25) is 9.59 Å². The van der Waals surface area contributed by atoms with E-state index < -0.39 is 0 Å². The Balaban J connectivity index is 4.92. The Morgan fingerprint density at radius 2 is 1.46 bits per heavy atom. The molecule has 0 aromatic rings. The van der Waals surface area contributed by atoms with Crippen molar-refractivity contribution in [2.24, 2.45) is 0 Å². The maximum absolute atomic E-state index is 10.9. The number of ketones is 2. The molecule has 0 rings (SSSR count). The third-order valence-electron chi connectivity index (χ3n) is 1.78. The van der Waals surface area contributed by atoms with Crippen LogP contribution in [0.4, 0.5) is 0 Å². The highest BCUT2D eigenvalue weighted by Crippen LogP contribution is 2.16. The number of carbonyl (C=O) groups excluding carboxylic acids is 2. The topological polar surface area (TPSA) is 34.1 Å². The minimum absolute atomic E-state index is 0.000484. The van der Waals surface area contributed by atoms with E-state index in [0.717, 1.165) is 0 Å². The standard InChI is InChI=1S/C10H13BrO2/c1-6(8(3)12)5-10(11)7(2)9(4)13/h5H,1-4H3. The molecule has 3 heteroatoms. The molecule has 0 radical (unpaired) electrons. The lowest BCUT2D eigenvalue weighted by Gasteiger charge is -1.98. The number of allylic oxidation sites excluding steroid dienone is 4. The average Bonchev–Trinajstić information content (AvgIpc) is 2.02. The monoisotopic (exact) mass is 244 g/mol. The van der Waals surface area contributed by atoms with Crippen LogP contribution in [0.25, 0.3) is 0 Å². The van der Waals surface area contributed by atoms with Crippen molar-refractivity contribution in [3.05, 3.63) is 21.7 Å². The lowest BCUT2D eigenvalue weighted by Crippen LogP contribution is -1.95. The van der Waals surface area contributed by atoms with Crippen molar-refractivity contribution in [3.8, 4) is 0 Å². The SMILES string of the molecule is CC(=O)C(C)=CC(Br)=C(C)C(C)=O. The van der Waals surface area contributed by atoms with Gasteiger partial charge < -0.3 is 0 Å². The van der Waals surface area contributed by atoms with Crippen LogP contribution in [0.5, 0.6) is 0 Å². The molecule has 0 fully saturated rings. The number of Topliss-reactive ketones (excluding diaryl/α,β-unsaturated/α-hetero) is 2. The second kappa shape index (κ2) is 5.12. The van der Waals surface area contributed by atoms with Gasteiger partial charge in [-0.05, 0) is 39.3 Å². The van der Waals surface area contributed by atoms with Crippen LogP contribution in [0.3, 0.4) is 0 Å². The van der Waals surface area contributed by atoms with Gasteiger partial charge >= 0.3 is 0 Å². The molecule has 0 heterocycles. The van der Waals surface area contributed by atoms with Gasteiger partial charge in [-0.15, -0.1) is 0 Å². The van der Waals surface area contributed by atoms with Gasteiger partial charge in [0.15, 0.2) is 11.6 Å². The molecule has 13 heavy (non-hydrogen) atoms. The number of halogens is 1. The Bertz CT molecular complexity index is 298. The molecule has 0 aliphatic rings. The van der Waals surface area contributed by atoms with Gasteiger partial charge in [0, 0.05) is 10.1 Å². The first-order valence-electron chi connectivity index (χ1n) is 3.92. The predicted molar refractivity (Wildman–Crippen MR) is 56.7 cm³/mol. The Morgan fingerprint density at radius 3 is 1.77 bits per heavy atom. The van der Waals surface area contributed by atoms with Crippen LogP contribution in [-0.2, 0) is 9.59 Å². The summed E-state index contributed by atoms with van der Waals surface area (Å²) in [4.78, 5) is 21.8. The largest absolute Gasteiger partial charge is 0.295 e. The molecule has 0 bridgehead atoms. The maximum Gasteiger partial charge on any atom is 0.156 e. The zero-order chi connectivity index (χ0) is 10.6. The molecule has 0 saturated heterocycles. The van der Waals surface area contributed by atoms with Crippen molar-refractivity contribution in [2.75, 3.05) is 0 Å². The molecule has 0 atom stereocenters. The first-order chi connectivity index (χ1) is 5.86. The Labute approximate surface area is 86.8 Å². The highest BCUT2D eigenvalue weighted by atomic mass is 79.9. The number of rotatable bonds is 3. The summed E-state index contributed by atoms with van der Waals surface area (Å²) in [5, 5.41) is 0. The van der Waals surface area contributed by atoms with Crippen LogP contribution in [0.2, 0.25) is 0 Å². The minimum Gasteiger partial charge on any atom is -0.295 e. The highest BCUT2D eigenvalue weighted by molar-refractivity contribution is 9.11. The Kier molecular flexibility index (Phi) is 4.85. The van der Waals surface area contributed by atoms with E-state index in [1.54, 1.807) is 19.9 Å². The summed E-state index contributed by atoms with van der Waals surface area (Å²) in [7, 11) is 0. The molecule has 2 nitrogen and oxygen atoms in total. The summed E-state index contributed by atoms with van der Waals surface area (Å²) in [5.74, 6) is 0.00720. The fourth-order valence-electron chi connectivity index (χ4n) is 0.568.